The number of benzene rings is 1. The molecule has 0 aliphatic carbocycles. The van der Waals surface area contributed by atoms with E-state index in [1.54, 1.807) is 12.1 Å². The Morgan fingerprint density at radius 2 is 1.57 bits per heavy atom. The fraction of sp³-hybridized carbons (Fsp3) is 0.611. The smallest absolute Gasteiger partial charge is 0.178 e. The van der Waals surface area contributed by atoms with Gasteiger partial charge in [-0.1, -0.05) is 64.5 Å². The van der Waals surface area contributed by atoms with Gasteiger partial charge in [-0.15, -0.1) is 0 Å². The molecule has 119 valence electrons. The molecule has 0 heterocycles. The van der Waals surface area contributed by atoms with Crippen molar-refractivity contribution >= 4 is 9.84 Å². The second kappa shape index (κ2) is 9.99. The van der Waals surface area contributed by atoms with E-state index in [2.05, 4.69) is 13.8 Å². The van der Waals surface area contributed by atoms with E-state index < -0.39 is 9.84 Å². The van der Waals surface area contributed by atoms with Crippen LogP contribution in [-0.2, 0) is 16.3 Å². The van der Waals surface area contributed by atoms with E-state index in [4.69, 9.17) is 0 Å². The quantitative estimate of drug-likeness (QED) is 0.540. The van der Waals surface area contributed by atoms with Gasteiger partial charge in [-0.3, -0.25) is 0 Å². The minimum absolute atomic E-state index is 0.263. The van der Waals surface area contributed by atoms with Gasteiger partial charge in [-0.2, -0.15) is 0 Å². The van der Waals surface area contributed by atoms with Crippen LogP contribution in [0, 0.1) is 6.92 Å². The molecule has 0 saturated heterocycles. The SMILES string of the molecule is [CH2]CCCCCCS(=O)(=O)c1ccc(CCCCC)cc1. The minimum Gasteiger partial charge on any atom is -0.224 e. The number of unbranched alkanes of at least 4 members (excludes halogenated alkanes) is 6. The lowest BCUT2D eigenvalue weighted by Crippen LogP contribution is -2.07. The minimum atomic E-state index is -3.11. The van der Waals surface area contributed by atoms with Crippen molar-refractivity contribution in [3.8, 4) is 0 Å². The summed E-state index contributed by atoms with van der Waals surface area (Å²) < 4.78 is 24.4. The average molecular weight is 309 g/mol. The van der Waals surface area contributed by atoms with Gasteiger partial charge in [0.05, 0.1) is 10.6 Å². The maximum Gasteiger partial charge on any atom is 0.178 e. The summed E-state index contributed by atoms with van der Waals surface area (Å²) in [5.74, 6) is 0.263. The zero-order valence-corrected chi connectivity index (χ0v) is 14.1. The van der Waals surface area contributed by atoms with Crippen molar-refractivity contribution in [1.29, 1.82) is 0 Å². The number of hydrogen-bond donors (Lipinski definition) is 0. The number of aryl methyl sites for hydroxylation is 1. The summed E-state index contributed by atoms with van der Waals surface area (Å²) in [6, 6.07) is 7.47. The molecule has 0 N–H and O–H groups in total. The van der Waals surface area contributed by atoms with Gasteiger partial charge in [0.2, 0.25) is 0 Å². The maximum absolute atomic E-state index is 12.2. The van der Waals surface area contributed by atoms with Crippen LogP contribution in [0.3, 0.4) is 0 Å². The van der Waals surface area contributed by atoms with Crippen LogP contribution in [0.2, 0.25) is 0 Å². The van der Waals surface area contributed by atoms with Gasteiger partial charge in [0.1, 0.15) is 0 Å². The van der Waals surface area contributed by atoms with E-state index in [9.17, 15) is 8.42 Å². The average Bonchev–Trinajstić information content (AvgIpc) is 2.48. The van der Waals surface area contributed by atoms with Gasteiger partial charge >= 0.3 is 0 Å². The summed E-state index contributed by atoms with van der Waals surface area (Å²) in [7, 11) is -3.11. The first-order valence-corrected chi connectivity index (χ1v) is 9.86. The van der Waals surface area contributed by atoms with Crippen LogP contribution >= 0.6 is 0 Å². The molecule has 0 atom stereocenters. The topological polar surface area (TPSA) is 34.1 Å². The summed E-state index contributed by atoms with van der Waals surface area (Å²) in [5, 5.41) is 0. The summed E-state index contributed by atoms with van der Waals surface area (Å²) in [5.41, 5.74) is 1.23. The van der Waals surface area contributed by atoms with Crippen LogP contribution in [0.5, 0.6) is 0 Å². The van der Waals surface area contributed by atoms with Crippen LogP contribution in [-0.4, -0.2) is 14.2 Å². The van der Waals surface area contributed by atoms with Crippen LogP contribution in [0.1, 0.15) is 63.9 Å². The predicted octanol–water partition coefficient (Wildman–Crippen LogP) is 4.98. The monoisotopic (exact) mass is 309 g/mol. The first-order chi connectivity index (χ1) is 10.1. The molecule has 1 aromatic carbocycles. The Bertz CT molecular complexity index is 474. The number of rotatable bonds is 11. The molecule has 0 fully saturated rings. The van der Waals surface area contributed by atoms with Crippen molar-refractivity contribution in [2.75, 3.05) is 5.75 Å². The number of hydrogen-bond acceptors (Lipinski definition) is 2. The summed E-state index contributed by atoms with van der Waals surface area (Å²) >= 11 is 0. The lowest BCUT2D eigenvalue weighted by atomic mass is 10.1. The molecule has 0 aromatic heterocycles. The molecule has 1 aromatic rings. The maximum atomic E-state index is 12.2. The Labute approximate surface area is 130 Å². The first-order valence-electron chi connectivity index (χ1n) is 8.21. The van der Waals surface area contributed by atoms with Crippen LogP contribution in [0.15, 0.2) is 29.2 Å². The summed E-state index contributed by atoms with van der Waals surface area (Å²) in [4.78, 5) is 0.471. The molecule has 3 heteroatoms. The standard InChI is InChI=1S/C18H29O2S/c1-3-5-7-8-10-16-21(19,20)18-14-12-17(13-15-18)11-9-6-4-2/h12-15H,1,3-11,16H2,2H3. The molecule has 1 radical (unpaired) electrons. The third-order valence-corrected chi connectivity index (χ3v) is 5.58. The highest BCUT2D eigenvalue weighted by molar-refractivity contribution is 7.91. The van der Waals surface area contributed by atoms with E-state index in [0.717, 1.165) is 38.5 Å². The second-order valence-corrected chi connectivity index (χ2v) is 7.80. The molecule has 2 nitrogen and oxygen atoms in total. The molecule has 0 aliphatic rings. The van der Waals surface area contributed by atoms with Gasteiger partial charge in [0.25, 0.3) is 0 Å². The Kier molecular flexibility index (Phi) is 8.67. The fourth-order valence-electron chi connectivity index (χ4n) is 2.38. The first kappa shape index (κ1) is 18.2. The highest BCUT2D eigenvalue weighted by Gasteiger charge is 2.13. The van der Waals surface area contributed by atoms with E-state index in [-0.39, 0.29) is 5.75 Å². The van der Waals surface area contributed by atoms with Gasteiger partial charge in [-0.05, 0) is 37.0 Å². The van der Waals surface area contributed by atoms with Crippen molar-refractivity contribution in [1.82, 2.24) is 0 Å². The Balaban J connectivity index is 2.47. The zero-order chi connectivity index (χ0) is 15.6. The fourth-order valence-corrected chi connectivity index (χ4v) is 3.75. The predicted molar refractivity (Wildman–Crippen MR) is 90.2 cm³/mol. The third-order valence-electron chi connectivity index (χ3n) is 3.76. The second-order valence-electron chi connectivity index (χ2n) is 5.69. The zero-order valence-electron chi connectivity index (χ0n) is 13.3. The molecule has 1 rings (SSSR count). The lowest BCUT2D eigenvalue weighted by Gasteiger charge is -2.06. The Hall–Kier alpha value is -0.830. The van der Waals surface area contributed by atoms with Gasteiger partial charge < -0.3 is 0 Å². The van der Waals surface area contributed by atoms with E-state index in [1.165, 1.54) is 24.8 Å². The van der Waals surface area contributed by atoms with E-state index >= 15 is 0 Å². The molecular formula is C18H29O2S. The largest absolute Gasteiger partial charge is 0.224 e. The number of sulfone groups is 1. The molecule has 0 bridgehead atoms. The normalized spacial score (nSPS) is 11.7. The molecule has 0 saturated carbocycles. The lowest BCUT2D eigenvalue weighted by molar-refractivity contribution is 0.587. The Morgan fingerprint density at radius 1 is 0.905 bits per heavy atom. The van der Waals surface area contributed by atoms with Crippen molar-refractivity contribution in [2.45, 2.75) is 69.6 Å². The molecule has 0 spiro atoms. The molecule has 0 amide bonds. The molecule has 0 unspecified atom stereocenters. The molecule has 0 aliphatic heterocycles. The summed E-state index contributed by atoms with van der Waals surface area (Å²) in [6.07, 6.45) is 9.49. The van der Waals surface area contributed by atoms with Crippen molar-refractivity contribution in [3.05, 3.63) is 36.8 Å². The van der Waals surface area contributed by atoms with E-state index in [1.807, 2.05) is 12.1 Å². The van der Waals surface area contributed by atoms with Gasteiger partial charge in [-0.25, -0.2) is 8.42 Å². The summed E-state index contributed by atoms with van der Waals surface area (Å²) in [6.45, 7) is 5.98. The molecular weight excluding hydrogens is 280 g/mol. The van der Waals surface area contributed by atoms with Crippen molar-refractivity contribution < 1.29 is 8.42 Å². The van der Waals surface area contributed by atoms with Crippen LogP contribution in [0.25, 0.3) is 0 Å². The van der Waals surface area contributed by atoms with Crippen molar-refractivity contribution in [3.63, 3.8) is 0 Å². The van der Waals surface area contributed by atoms with E-state index in [0.29, 0.717) is 4.90 Å². The van der Waals surface area contributed by atoms with Crippen LogP contribution in [0.4, 0.5) is 0 Å². The molecule has 21 heavy (non-hydrogen) atoms. The Morgan fingerprint density at radius 3 is 2.19 bits per heavy atom. The van der Waals surface area contributed by atoms with Crippen LogP contribution < -0.4 is 0 Å². The van der Waals surface area contributed by atoms with Gasteiger partial charge in [0.15, 0.2) is 9.84 Å². The van der Waals surface area contributed by atoms with Gasteiger partial charge in [0, 0.05) is 0 Å². The van der Waals surface area contributed by atoms with Crippen molar-refractivity contribution in [2.24, 2.45) is 0 Å². The highest BCUT2D eigenvalue weighted by atomic mass is 32.2. The highest BCUT2D eigenvalue weighted by Crippen LogP contribution is 2.16. The third kappa shape index (κ3) is 7.12.